The summed E-state index contributed by atoms with van der Waals surface area (Å²) in [6.07, 6.45) is 5.89. The quantitative estimate of drug-likeness (QED) is 0.292. The number of hydrogen-bond donors (Lipinski definition) is 2. The van der Waals surface area contributed by atoms with Crippen LogP contribution in [-0.2, 0) is 0 Å². The van der Waals surface area contributed by atoms with Crippen LogP contribution in [0.5, 0.6) is 5.75 Å². The first-order valence-corrected chi connectivity index (χ1v) is 12.9. The van der Waals surface area contributed by atoms with Gasteiger partial charge in [-0.2, -0.15) is 0 Å². The highest BCUT2D eigenvalue weighted by atomic mass is 127. The average molecular weight is 570 g/mol. The molecule has 2 heterocycles. The van der Waals surface area contributed by atoms with Gasteiger partial charge in [0.25, 0.3) is 0 Å². The van der Waals surface area contributed by atoms with Crippen molar-refractivity contribution in [3.63, 3.8) is 0 Å². The predicted octanol–water partition coefficient (Wildman–Crippen LogP) is 4.27. The number of rotatable bonds is 7. The molecule has 1 aliphatic carbocycles. The van der Waals surface area contributed by atoms with Gasteiger partial charge in [-0.3, -0.25) is 4.99 Å². The van der Waals surface area contributed by atoms with Gasteiger partial charge in [0.1, 0.15) is 11.4 Å². The van der Waals surface area contributed by atoms with Crippen LogP contribution in [0.15, 0.2) is 29.3 Å². The number of likely N-dealkylation sites (N-methyl/N-ethyl adjacent to an activating group) is 1. The van der Waals surface area contributed by atoms with E-state index in [1.54, 1.807) is 0 Å². The van der Waals surface area contributed by atoms with E-state index in [1.165, 1.54) is 51.1 Å². The lowest BCUT2D eigenvalue weighted by Gasteiger charge is -2.40. The minimum Gasteiger partial charge on any atom is -0.487 e. The summed E-state index contributed by atoms with van der Waals surface area (Å²) in [4.78, 5) is 10.1. The second kappa shape index (κ2) is 12.6. The first-order chi connectivity index (χ1) is 15.6. The second-order valence-corrected chi connectivity index (χ2v) is 9.99. The zero-order chi connectivity index (χ0) is 22.4. The Labute approximate surface area is 217 Å². The monoisotopic (exact) mass is 569 g/mol. The number of fused-ring (bicyclic) bond motifs is 1. The molecular weight excluding hydrogens is 525 g/mol. The van der Waals surface area contributed by atoms with Crippen molar-refractivity contribution in [1.29, 1.82) is 0 Å². The zero-order valence-electron chi connectivity index (χ0n) is 20.8. The lowest BCUT2D eigenvalue weighted by molar-refractivity contribution is 0.0396. The molecule has 186 valence electrons. The number of piperazine rings is 1. The molecule has 0 aromatic heterocycles. The fourth-order valence-electron chi connectivity index (χ4n) is 5.59. The van der Waals surface area contributed by atoms with E-state index >= 15 is 0 Å². The maximum absolute atomic E-state index is 6.54. The highest BCUT2D eigenvalue weighted by molar-refractivity contribution is 14.0. The van der Waals surface area contributed by atoms with Crippen LogP contribution >= 0.6 is 24.0 Å². The number of nitrogens with zero attached hydrogens (tertiary/aromatic N) is 3. The fourth-order valence-corrected chi connectivity index (χ4v) is 5.59. The number of guanidine groups is 1. The maximum atomic E-state index is 6.54. The van der Waals surface area contributed by atoms with Gasteiger partial charge in [0.15, 0.2) is 5.96 Å². The Balaban J connectivity index is 0.00000306. The summed E-state index contributed by atoms with van der Waals surface area (Å²) in [6.45, 7) is 15.5. The third-order valence-electron chi connectivity index (χ3n) is 7.41. The normalized spacial score (nSPS) is 24.0. The number of aliphatic imine (C=N–C) groups is 1. The highest BCUT2D eigenvalue weighted by Gasteiger charge is 2.43. The van der Waals surface area contributed by atoms with Crippen LogP contribution in [0.4, 0.5) is 0 Å². The molecule has 2 unspecified atom stereocenters. The molecule has 0 amide bonds. The van der Waals surface area contributed by atoms with Crippen molar-refractivity contribution < 1.29 is 4.74 Å². The van der Waals surface area contributed by atoms with Crippen LogP contribution < -0.4 is 15.4 Å². The largest absolute Gasteiger partial charge is 0.487 e. The van der Waals surface area contributed by atoms with Gasteiger partial charge >= 0.3 is 0 Å². The van der Waals surface area contributed by atoms with Crippen LogP contribution in [0, 0.1) is 5.92 Å². The van der Waals surface area contributed by atoms with E-state index in [0.29, 0.717) is 5.92 Å². The van der Waals surface area contributed by atoms with Crippen LogP contribution in [0.25, 0.3) is 0 Å². The molecule has 0 bridgehead atoms. The number of para-hydroxylation sites is 1. The third kappa shape index (κ3) is 6.98. The molecule has 6 nitrogen and oxygen atoms in total. The van der Waals surface area contributed by atoms with E-state index in [2.05, 4.69) is 65.5 Å². The van der Waals surface area contributed by atoms with Crippen molar-refractivity contribution in [1.82, 2.24) is 20.4 Å². The summed E-state index contributed by atoms with van der Waals surface area (Å²) in [7, 11) is 0. The van der Waals surface area contributed by atoms with E-state index in [9.17, 15) is 0 Å². The van der Waals surface area contributed by atoms with Gasteiger partial charge in [-0.15, -0.1) is 24.0 Å². The van der Waals surface area contributed by atoms with Crippen molar-refractivity contribution in [2.75, 3.05) is 52.4 Å². The molecule has 3 aliphatic rings. The first kappa shape index (κ1) is 26.5. The Kier molecular flexibility index (Phi) is 10.1. The molecule has 4 rings (SSSR count). The molecule has 1 spiro atoms. The van der Waals surface area contributed by atoms with Gasteiger partial charge in [0, 0.05) is 57.8 Å². The lowest BCUT2D eigenvalue weighted by Crippen LogP contribution is -2.48. The van der Waals surface area contributed by atoms with Crippen LogP contribution in [0.2, 0.25) is 0 Å². The molecule has 2 atom stereocenters. The Hall–Kier alpha value is -1.06. The van der Waals surface area contributed by atoms with Gasteiger partial charge < -0.3 is 25.2 Å². The molecule has 0 radical (unpaired) electrons. The molecule has 2 fully saturated rings. The molecule has 2 aliphatic heterocycles. The van der Waals surface area contributed by atoms with Gasteiger partial charge in [-0.1, -0.05) is 32.0 Å². The van der Waals surface area contributed by atoms with Gasteiger partial charge in [0.05, 0.1) is 6.04 Å². The van der Waals surface area contributed by atoms with E-state index in [4.69, 9.17) is 9.73 Å². The van der Waals surface area contributed by atoms with Crippen molar-refractivity contribution in [3.8, 4) is 5.75 Å². The van der Waals surface area contributed by atoms with Crippen LogP contribution in [0.3, 0.4) is 0 Å². The lowest BCUT2D eigenvalue weighted by atomic mass is 9.86. The van der Waals surface area contributed by atoms with E-state index in [-0.39, 0.29) is 35.6 Å². The number of nitrogens with one attached hydrogen (secondary N) is 2. The van der Waals surface area contributed by atoms with Gasteiger partial charge in [-0.25, -0.2) is 0 Å². The van der Waals surface area contributed by atoms with Crippen LogP contribution in [-0.4, -0.2) is 73.7 Å². The molecule has 1 saturated heterocycles. The molecule has 7 heteroatoms. The van der Waals surface area contributed by atoms with Crippen molar-refractivity contribution >= 4 is 29.9 Å². The standard InChI is InChI=1S/C26H43N5O.HI/c1-4-27-25(28-19-21(3)20-31-16-14-30(5-2)15-17-31)29-23-18-26(12-8-9-13-26)32-24-11-7-6-10-22(23)24;/h6-7,10-11,21,23H,4-5,8-9,12-20H2,1-3H3,(H2,27,28,29);1H. The minimum absolute atomic E-state index is 0. The molecule has 2 N–H and O–H groups in total. The minimum atomic E-state index is -0.00271. The topological polar surface area (TPSA) is 52.1 Å². The van der Waals surface area contributed by atoms with E-state index in [1.807, 2.05) is 0 Å². The Bertz CT molecular complexity index is 759. The summed E-state index contributed by atoms with van der Waals surface area (Å²) in [5.41, 5.74) is 1.26. The van der Waals surface area contributed by atoms with Crippen molar-refractivity contribution in [2.24, 2.45) is 10.9 Å². The summed E-state index contributed by atoms with van der Waals surface area (Å²) >= 11 is 0. The average Bonchev–Trinajstić information content (AvgIpc) is 3.25. The molecule has 1 saturated carbocycles. The Morgan fingerprint density at radius 3 is 2.52 bits per heavy atom. The number of hydrogen-bond acceptors (Lipinski definition) is 4. The van der Waals surface area contributed by atoms with Crippen molar-refractivity contribution in [2.45, 2.75) is 64.5 Å². The summed E-state index contributed by atoms with van der Waals surface area (Å²) in [6, 6.07) is 8.79. The number of benzene rings is 1. The van der Waals surface area contributed by atoms with E-state index in [0.717, 1.165) is 50.6 Å². The van der Waals surface area contributed by atoms with Crippen LogP contribution in [0.1, 0.15) is 64.5 Å². The SMILES string of the molecule is CCNC(=NCC(C)CN1CCN(CC)CC1)NC1CC2(CCCC2)Oc2ccccc21.I. The molecule has 33 heavy (non-hydrogen) atoms. The third-order valence-corrected chi connectivity index (χ3v) is 7.41. The molecule has 1 aromatic carbocycles. The van der Waals surface area contributed by atoms with Gasteiger partial charge in [-0.05, 0) is 51.1 Å². The number of ether oxygens (including phenoxy) is 1. The molecule has 1 aromatic rings. The Morgan fingerprint density at radius 2 is 1.82 bits per heavy atom. The summed E-state index contributed by atoms with van der Waals surface area (Å²) in [5.74, 6) is 2.53. The number of halogens is 1. The van der Waals surface area contributed by atoms with E-state index < -0.39 is 0 Å². The summed E-state index contributed by atoms with van der Waals surface area (Å²) < 4.78 is 6.54. The van der Waals surface area contributed by atoms with Gasteiger partial charge in [0.2, 0.25) is 0 Å². The maximum Gasteiger partial charge on any atom is 0.191 e. The summed E-state index contributed by atoms with van der Waals surface area (Å²) in [5, 5.41) is 7.27. The fraction of sp³-hybridized carbons (Fsp3) is 0.731. The zero-order valence-corrected chi connectivity index (χ0v) is 23.1. The highest BCUT2D eigenvalue weighted by Crippen LogP contribution is 2.46. The smallest absolute Gasteiger partial charge is 0.191 e. The predicted molar refractivity (Wildman–Crippen MR) is 148 cm³/mol. The second-order valence-electron chi connectivity index (χ2n) is 9.99. The molecular formula is C26H44IN5O. The first-order valence-electron chi connectivity index (χ1n) is 12.9. The Morgan fingerprint density at radius 1 is 1.12 bits per heavy atom. The van der Waals surface area contributed by atoms with Crippen molar-refractivity contribution in [3.05, 3.63) is 29.8 Å².